The largest absolute Gasteiger partial charge is 0.493 e. The Kier molecular flexibility index (Phi) is 4.13. The van der Waals surface area contributed by atoms with Crippen molar-refractivity contribution in [1.82, 2.24) is 25.0 Å². The first-order chi connectivity index (χ1) is 10.7. The lowest BCUT2D eigenvalue weighted by Crippen LogP contribution is -2.07. The molecule has 0 aliphatic heterocycles. The molecule has 1 N–H and O–H groups in total. The summed E-state index contributed by atoms with van der Waals surface area (Å²) in [6, 6.07) is 8.03. The van der Waals surface area contributed by atoms with Gasteiger partial charge in [0.2, 0.25) is 0 Å². The highest BCUT2D eigenvalue weighted by molar-refractivity contribution is 5.44. The topological polar surface area (TPSA) is 77.2 Å². The number of hydrogen-bond acceptors (Lipinski definition) is 6. The van der Waals surface area contributed by atoms with Gasteiger partial charge in [-0.2, -0.15) is 4.52 Å². The van der Waals surface area contributed by atoms with Gasteiger partial charge in [0.05, 0.1) is 19.0 Å². The van der Waals surface area contributed by atoms with E-state index in [1.807, 2.05) is 24.3 Å². The van der Waals surface area contributed by atoms with Gasteiger partial charge in [-0.1, -0.05) is 26.0 Å². The SMILES string of the molecule is CC(C)COc1cccc(CNc2cncc3nnnn23)c1. The van der Waals surface area contributed by atoms with Crippen molar-refractivity contribution in [3.63, 3.8) is 0 Å². The quantitative estimate of drug-likeness (QED) is 0.751. The zero-order chi connectivity index (χ0) is 15.4. The Bertz CT molecular complexity index is 754. The Hall–Kier alpha value is -2.70. The van der Waals surface area contributed by atoms with Crippen molar-refractivity contribution in [2.24, 2.45) is 5.92 Å². The normalized spacial score (nSPS) is 11.0. The molecule has 1 aromatic carbocycles. The van der Waals surface area contributed by atoms with Crippen LogP contribution in [0.3, 0.4) is 0 Å². The molecule has 114 valence electrons. The van der Waals surface area contributed by atoms with E-state index in [0.717, 1.165) is 17.1 Å². The maximum Gasteiger partial charge on any atom is 0.199 e. The Labute approximate surface area is 128 Å². The third-order valence-corrected chi connectivity index (χ3v) is 3.06. The summed E-state index contributed by atoms with van der Waals surface area (Å²) in [5, 5.41) is 14.7. The molecule has 22 heavy (non-hydrogen) atoms. The number of anilines is 1. The number of tetrazole rings is 1. The van der Waals surface area contributed by atoms with Gasteiger partial charge < -0.3 is 10.1 Å². The van der Waals surface area contributed by atoms with E-state index in [0.29, 0.717) is 24.7 Å². The standard InChI is InChI=1S/C15H18N6O/c1-11(2)10-22-13-5-3-4-12(6-13)7-17-14-8-16-9-15-18-19-20-21(14)15/h3-6,8-9,11,17H,7,10H2,1-2H3. The molecule has 7 nitrogen and oxygen atoms in total. The minimum Gasteiger partial charge on any atom is -0.493 e. The van der Waals surface area contributed by atoms with Gasteiger partial charge in [-0.3, -0.25) is 4.98 Å². The van der Waals surface area contributed by atoms with Crippen LogP contribution in [0.4, 0.5) is 5.82 Å². The second kappa shape index (κ2) is 6.38. The molecule has 0 saturated heterocycles. The molecule has 0 aliphatic rings. The van der Waals surface area contributed by atoms with Gasteiger partial charge in [-0.15, -0.1) is 5.10 Å². The number of nitrogens with one attached hydrogen (secondary N) is 1. The number of hydrogen-bond donors (Lipinski definition) is 1. The molecular weight excluding hydrogens is 280 g/mol. The van der Waals surface area contributed by atoms with E-state index >= 15 is 0 Å². The van der Waals surface area contributed by atoms with E-state index in [9.17, 15) is 0 Å². The van der Waals surface area contributed by atoms with Gasteiger partial charge in [-0.05, 0) is 34.0 Å². The minimum absolute atomic E-state index is 0.505. The molecule has 0 amide bonds. The first-order valence-corrected chi connectivity index (χ1v) is 7.20. The molecule has 7 heteroatoms. The molecule has 0 radical (unpaired) electrons. The monoisotopic (exact) mass is 298 g/mol. The molecule has 0 bridgehead atoms. The lowest BCUT2D eigenvalue weighted by atomic mass is 10.2. The third kappa shape index (κ3) is 3.30. The number of fused-ring (bicyclic) bond motifs is 1. The van der Waals surface area contributed by atoms with E-state index < -0.39 is 0 Å². The van der Waals surface area contributed by atoms with Crippen molar-refractivity contribution in [2.75, 3.05) is 11.9 Å². The Morgan fingerprint density at radius 3 is 3.05 bits per heavy atom. The maximum atomic E-state index is 5.74. The summed E-state index contributed by atoms with van der Waals surface area (Å²) in [6.07, 6.45) is 3.31. The molecule has 2 aromatic heterocycles. The third-order valence-electron chi connectivity index (χ3n) is 3.06. The lowest BCUT2D eigenvalue weighted by Gasteiger charge is -2.11. The fourth-order valence-corrected chi connectivity index (χ4v) is 2.00. The van der Waals surface area contributed by atoms with Crippen LogP contribution in [0.25, 0.3) is 5.65 Å². The summed E-state index contributed by atoms with van der Waals surface area (Å²) in [5.41, 5.74) is 1.73. The van der Waals surface area contributed by atoms with E-state index in [4.69, 9.17) is 4.74 Å². The van der Waals surface area contributed by atoms with Crippen molar-refractivity contribution in [2.45, 2.75) is 20.4 Å². The first kappa shape index (κ1) is 14.2. The highest BCUT2D eigenvalue weighted by atomic mass is 16.5. The van der Waals surface area contributed by atoms with E-state index in [-0.39, 0.29) is 0 Å². The average Bonchev–Trinajstić information content (AvgIpc) is 3.00. The van der Waals surface area contributed by atoms with Crippen molar-refractivity contribution in [3.8, 4) is 5.75 Å². The fourth-order valence-electron chi connectivity index (χ4n) is 2.00. The van der Waals surface area contributed by atoms with Gasteiger partial charge in [0, 0.05) is 6.54 Å². The summed E-state index contributed by atoms with van der Waals surface area (Å²) in [5.74, 6) is 2.13. The number of benzene rings is 1. The van der Waals surface area contributed by atoms with Crippen LogP contribution in [0.1, 0.15) is 19.4 Å². The van der Waals surface area contributed by atoms with Crippen LogP contribution in [0.15, 0.2) is 36.7 Å². The summed E-state index contributed by atoms with van der Waals surface area (Å²) in [4.78, 5) is 4.11. The highest BCUT2D eigenvalue weighted by Gasteiger charge is 2.04. The zero-order valence-corrected chi connectivity index (χ0v) is 12.6. The Balaban J connectivity index is 1.68. The predicted molar refractivity (Wildman–Crippen MR) is 82.7 cm³/mol. The van der Waals surface area contributed by atoms with Gasteiger partial charge in [0.1, 0.15) is 5.75 Å². The second-order valence-electron chi connectivity index (χ2n) is 5.45. The van der Waals surface area contributed by atoms with Crippen LogP contribution in [0.2, 0.25) is 0 Å². The number of nitrogens with zero attached hydrogens (tertiary/aromatic N) is 5. The van der Waals surface area contributed by atoms with Crippen molar-refractivity contribution in [1.29, 1.82) is 0 Å². The summed E-state index contributed by atoms with van der Waals surface area (Å²) < 4.78 is 7.36. The average molecular weight is 298 g/mol. The van der Waals surface area contributed by atoms with Crippen LogP contribution < -0.4 is 10.1 Å². The summed E-state index contributed by atoms with van der Waals surface area (Å²) in [7, 11) is 0. The fraction of sp³-hybridized carbons (Fsp3) is 0.333. The molecule has 0 fully saturated rings. The molecule has 3 rings (SSSR count). The maximum absolute atomic E-state index is 5.74. The minimum atomic E-state index is 0.505. The highest BCUT2D eigenvalue weighted by Crippen LogP contribution is 2.16. The predicted octanol–water partition coefficient (Wildman–Crippen LogP) is 2.17. The van der Waals surface area contributed by atoms with Crippen molar-refractivity contribution >= 4 is 11.5 Å². The van der Waals surface area contributed by atoms with E-state index in [1.54, 1.807) is 16.9 Å². The lowest BCUT2D eigenvalue weighted by molar-refractivity contribution is 0.271. The number of rotatable bonds is 6. The van der Waals surface area contributed by atoms with Crippen molar-refractivity contribution in [3.05, 3.63) is 42.2 Å². The summed E-state index contributed by atoms with van der Waals surface area (Å²) >= 11 is 0. The smallest absolute Gasteiger partial charge is 0.199 e. The van der Waals surface area contributed by atoms with E-state index in [2.05, 4.69) is 39.7 Å². The first-order valence-electron chi connectivity index (χ1n) is 7.20. The van der Waals surface area contributed by atoms with Crippen molar-refractivity contribution < 1.29 is 4.74 Å². The molecule has 0 aliphatic carbocycles. The van der Waals surface area contributed by atoms with Gasteiger partial charge in [0.15, 0.2) is 11.5 Å². The van der Waals surface area contributed by atoms with E-state index in [1.165, 1.54) is 0 Å². The van der Waals surface area contributed by atoms with Gasteiger partial charge in [-0.25, -0.2) is 0 Å². The van der Waals surface area contributed by atoms with Crippen LogP contribution in [0.5, 0.6) is 5.75 Å². The number of aromatic nitrogens is 5. The van der Waals surface area contributed by atoms with Crippen LogP contribution >= 0.6 is 0 Å². The number of ether oxygens (including phenoxy) is 1. The summed E-state index contributed by atoms with van der Waals surface area (Å²) in [6.45, 7) is 5.61. The Morgan fingerprint density at radius 2 is 2.18 bits per heavy atom. The molecule has 0 atom stereocenters. The Morgan fingerprint density at radius 1 is 1.27 bits per heavy atom. The van der Waals surface area contributed by atoms with Gasteiger partial charge in [0.25, 0.3) is 0 Å². The molecule has 0 spiro atoms. The van der Waals surface area contributed by atoms with Crippen LogP contribution in [-0.2, 0) is 6.54 Å². The van der Waals surface area contributed by atoms with Gasteiger partial charge >= 0.3 is 0 Å². The molecule has 0 saturated carbocycles. The van der Waals surface area contributed by atoms with Crippen LogP contribution in [-0.4, -0.2) is 31.6 Å². The van der Waals surface area contributed by atoms with Crippen LogP contribution in [0, 0.1) is 5.92 Å². The zero-order valence-electron chi connectivity index (χ0n) is 12.6. The molecule has 2 heterocycles. The molecule has 3 aromatic rings. The molecular formula is C15H18N6O. The second-order valence-corrected chi connectivity index (χ2v) is 5.45. The molecule has 0 unspecified atom stereocenters.